The van der Waals surface area contributed by atoms with Gasteiger partial charge in [-0.1, -0.05) is 13.8 Å². The van der Waals surface area contributed by atoms with Crippen molar-refractivity contribution in [1.82, 2.24) is 0 Å². The molecule has 0 saturated carbocycles. The van der Waals surface area contributed by atoms with Crippen LogP contribution in [0.1, 0.15) is 88.5 Å². The Morgan fingerprint density at radius 2 is 1.29 bits per heavy atom. The van der Waals surface area contributed by atoms with E-state index in [2.05, 4.69) is 29.0 Å². The van der Waals surface area contributed by atoms with Crippen LogP contribution in [0.25, 0.3) is 0 Å². The van der Waals surface area contributed by atoms with E-state index >= 15 is 0 Å². The SMILES string of the molecule is CC(C)CC(C)(/N=N/C(C)(C)C)OOC(C)(C)CCC(C)(C)OO. The molecule has 0 fully saturated rings. The molecule has 0 aromatic rings. The zero-order chi connectivity index (χ0) is 19.2. The van der Waals surface area contributed by atoms with E-state index in [1.807, 2.05) is 55.4 Å². The molecule has 6 nitrogen and oxygen atoms in total. The fraction of sp³-hybridized carbons (Fsp3) is 1.00. The van der Waals surface area contributed by atoms with Gasteiger partial charge in [0.1, 0.15) is 0 Å². The monoisotopic (exact) mass is 346 g/mol. The lowest BCUT2D eigenvalue weighted by molar-refractivity contribution is -0.409. The van der Waals surface area contributed by atoms with Crippen LogP contribution in [-0.4, -0.2) is 27.7 Å². The first kappa shape index (κ1) is 23.4. The smallest absolute Gasteiger partial charge is 0.209 e. The van der Waals surface area contributed by atoms with Crippen LogP contribution >= 0.6 is 0 Å². The van der Waals surface area contributed by atoms with Crippen molar-refractivity contribution in [3.05, 3.63) is 0 Å². The number of hydrogen-bond acceptors (Lipinski definition) is 6. The van der Waals surface area contributed by atoms with E-state index in [1.165, 1.54) is 0 Å². The quantitative estimate of drug-likeness (QED) is 0.309. The van der Waals surface area contributed by atoms with E-state index in [4.69, 9.17) is 15.0 Å². The van der Waals surface area contributed by atoms with Gasteiger partial charge in [-0.25, -0.2) is 14.7 Å². The maximum absolute atomic E-state index is 8.90. The second kappa shape index (κ2) is 8.70. The Morgan fingerprint density at radius 3 is 1.71 bits per heavy atom. The van der Waals surface area contributed by atoms with Gasteiger partial charge in [-0.15, -0.1) is 0 Å². The number of nitrogens with zero attached hydrogens (tertiary/aromatic N) is 2. The van der Waals surface area contributed by atoms with E-state index in [-0.39, 0.29) is 5.54 Å². The summed E-state index contributed by atoms with van der Waals surface area (Å²) in [5, 5.41) is 17.7. The van der Waals surface area contributed by atoms with E-state index in [0.29, 0.717) is 25.2 Å². The molecular weight excluding hydrogens is 308 g/mol. The van der Waals surface area contributed by atoms with E-state index in [0.717, 1.165) is 0 Å². The lowest BCUT2D eigenvalue weighted by Gasteiger charge is -2.33. The molecule has 144 valence electrons. The Morgan fingerprint density at radius 1 is 0.792 bits per heavy atom. The largest absolute Gasteiger partial charge is 0.251 e. The number of azo groups is 1. The Hall–Kier alpha value is -0.560. The predicted octanol–water partition coefficient (Wildman–Crippen LogP) is 5.77. The van der Waals surface area contributed by atoms with Crippen molar-refractivity contribution >= 4 is 0 Å². The van der Waals surface area contributed by atoms with Crippen molar-refractivity contribution in [2.75, 3.05) is 0 Å². The standard InChI is InChI=1S/C18H38N2O4/c1-14(2)13-18(10,20-19-15(3,4)5)24-23-17(8,9)12-11-16(6,7)22-21/h14,21H,11-13H2,1-10H3/b20-19+. The fourth-order valence-electron chi connectivity index (χ4n) is 2.00. The normalized spacial score (nSPS) is 16.8. The number of rotatable bonds is 10. The summed E-state index contributed by atoms with van der Waals surface area (Å²) < 4.78 is 0. The van der Waals surface area contributed by atoms with Crippen LogP contribution in [0.15, 0.2) is 10.2 Å². The van der Waals surface area contributed by atoms with Crippen LogP contribution in [0.5, 0.6) is 0 Å². The molecule has 1 atom stereocenters. The Bertz CT molecular complexity index is 400. The first-order chi connectivity index (χ1) is 10.6. The Kier molecular flexibility index (Phi) is 8.49. The summed E-state index contributed by atoms with van der Waals surface area (Å²) in [6.07, 6.45) is 1.99. The van der Waals surface area contributed by atoms with Crippen molar-refractivity contribution in [3.63, 3.8) is 0 Å². The summed E-state index contributed by atoms with van der Waals surface area (Å²) in [4.78, 5) is 15.9. The molecule has 6 heteroatoms. The predicted molar refractivity (Wildman–Crippen MR) is 95.7 cm³/mol. The highest BCUT2D eigenvalue weighted by atomic mass is 17.2. The van der Waals surface area contributed by atoms with Crippen molar-refractivity contribution in [2.24, 2.45) is 16.1 Å². The highest BCUT2D eigenvalue weighted by Crippen LogP contribution is 2.30. The van der Waals surface area contributed by atoms with Crippen molar-refractivity contribution in [1.29, 1.82) is 0 Å². The van der Waals surface area contributed by atoms with Crippen LogP contribution in [0.2, 0.25) is 0 Å². The van der Waals surface area contributed by atoms with Crippen LogP contribution < -0.4 is 0 Å². The lowest BCUT2D eigenvalue weighted by Crippen LogP contribution is -2.36. The topological polar surface area (TPSA) is 72.6 Å². The average Bonchev–Trinajstić information content (AvgIpc) is 2.40. The Balaban J connectivity index is 4.89. The minimum atomic E-state index is -0.832. The molecule has 0 aromatic heterocycles. The molecule has 0 aliphatic heterocycles. The third-order valence-electron chi connectivity index (χ3n) is 3.37. The molecule has 0 aliphatic rings. The molecule has 0 heterocycles. The zero-order valence-corrected chi connectivity index (χ0v) is 17.3. The second-order valence-corrected chi connectivity index (χ2v) is 9.42. The van der Waals surface area contributed by atoms with Gasteiger partial charge in [0.25, 0.3) is 0 Å². The van der Waals surface area contributed by atoms with Gasteiger partial charge in [0.2, 0.25) is 5.72 Å². The summed E-state index contributed by atoms with van der Waals surface area (Å²) in [6, 6.07) is 0. The highest BCUT2D eigenvalue weighted by Gasteiger charge is 2.33. The van der Waals surface area contributed by atoms with Crippen LogP contribution in [0.3, 0.4) is 0 Å². The molecule has 0 spiro atoms. The summed E-state index contributed by atoms with van der Waals surface area (Å²) in [7, 11) is 0. The van der Waals surface area contributed by atoms with Crippen molar-refractivity contribution < 1.29 is 19.9 Å². The minimum Gasteiger partial charge on any atom is -0.251 e. The van der Waals surface area contributed by atoms with Crippen molar-refractivity contribution in [3.8, 4) is 0 Å². The maximum Gasteiger partial charge on any atom is 0.209 e. The molecular formula is C18H38N2O4. The van der Waals surface area contributed by atoms with Gasteiger partial charge in [-0.05, 0) is 74.1 Å². The summed E-state index contributed by atoms with van der Waals surface area (Å²) in [5.74, 6) is 0.391. The molecule has 0 aromatic carbocycles. The molecule has 0 aliphatic carbocycles. The van der Waals surface area contributed by atoms with Gasteiger partial charge in [-0.2, -0.15) is 10.2 Å². The van der Waals surface area contributed by atoms with Gasteiger partial charge in [0, 0.05) is 6.42 Å². The Labute approximate surface area is 147 Å². The van der Waals surface area contributed by atoms with Gasteiger partial charge >= 0.3 is 0 Å². The first-order valence-corrected chi connectivity index (χ1v) is 8.73. The van der Waals surface area contributed by atoms with E-state index < -0.39 is 16.9 Å². The van der Waals surface area contributed by atoms with Gasteiger partial charge in [-0.3, -0.25) is 5.26 Å². The third kappa shape index (κ3) is 11.1. The second-order valence-electron chi connectivity index (χ2n) is 9.42. The molecule has 0 radical (unpaired) electrons. The molecule has 0 amide bonds. The third-order valence-corrected chi connectivity index (χ3v) is 3.37. The maximum atomic E-state index is 8.90. The first-order valence-electron chi connectivity index (χ1n) is 8.73. The van der Waals surface area contributed by atoms with Crippen LogP contribution in [-0.2, 0) is 14.7 Å². The van der Waals surface area contributed by atoms with Gasteiger partial charge in [0.05, 0.1) is 16.7 Å². The molecule has 1 N–H and O–H groups in total. The lowest BCUT2D eigenvalue weighted by atomic mass is 9.94. The number of hydrogen-bond donors (Lipinski definition) is 1. The van der Waals surface area contributed by atoms with E-state index in [1.54, 1.807) is 0 Å². The van der Waals surface area contributed by atoms with Gasteiger partial charge < -0.3 is 0 Å². The molecule has 0 rings (SSSR count). The molecule has 0 bridgehead atoms. The van der Waals surface area contributed by atoms with Crippen molar-refractivity contribution in [2.45, 2.75) is 111 Å². The minimum absolute atomic E-state index is 0.264. The average molecular weight is 347 g/mol. The highest BCUT2D eigenvalue weighted by molar-refractivity contribution is 4.77. The summed E-state index contributed by atoms with van der Waals surface area (Å²) in [5.41, 5.74) is -2.25. The summed E-state index contributed by atoms with van der Waals surface area (Å²) in [6.45, 7) is 19.6. The van der Waals surface area contributed by atoms with Gasteiger partial charge in [0.15, 0.2) is 0 Å². The van der Waals surface area contributed by atoms with E-state index in [9.17, 15) is 0 Å². The fourth-order valence-corrected chi connectivity index (χ4v) is 2.00. The molecule has 0 saturated heterocycles. The van der Waals surface area contributed by atoms with Crippen LogP contribution in [0, 0.1) is 5.92 Å². The molecule has 1 unspecified atom stereocenters. The zero-order valence-electron chi connectivity index (χ0n) is 17.3. The molecule has 24 heavy (non-hydrogen) atoms. The van der Waals surface area contributed by atoms with Crippen LogP contribution in [0.4, 0.5) is 0 Å². The summed E-state index contributed by atoms with van der Waals surface area (Å²) >= 11 is 0.